The van der Waals surface area contributed by atoms with Crippen LogP contribution in [0, 0.1) is 11.8 Å². The van der Waals surface area contributed by atoms with Crippen molar-refractivity contribution in [1.29, 1.82) is 0 Å². The molecule has 0 unspecified atom stereocenters. The van der Waals surface area contributed by atoms with Crippen molar-refractivity contribution >= 4 is 5.97 Å². The summed E-state index contributed by atoms with van der Waals surface area (Å²) in [6, 6.07) is -0.453. The topological polar surface area (TPSA) is 69.6 Å². The van der Waals surface area contributed by atoms with E-state index in [1.807, 2.05) is 13.8 Å². The van der Waals surface area contributed by atoms with Gasteiger partial charge in [-0.15, -0.1) is 0 Å². The minimum atomic E-state index is -0.831. The Morgan fingerprint density at radius 3 is 2.23 bits per heavy atom. The molecule has 0 spiro atoms. The normalized spacial score (nSPS) is 41.8. The summed E-state index contributed by atoms with van der Waals surface area (Å²) in [6.07, 6.45) is -0.457. The van der Waals surface area contributed by atoms with Crippen molar-refractivity contribution < 1.29 is 15.0 Å². The first kappa shape index (κ1) is 10.5. The molecular weight excluding hydrogens is 170 g/mol. The van der Waals surface area contributed by atoms with E-state index in [-0.39, 0.29) is 17.9 Å². The molecule has 0 aromatic carbocycles. The molecule has 13 heavy (non-hydrogen) atoms. The van der Waals surface area contributed by atoms with Crippen molar-refractivity contribution in [2.24, 2.45) is 11.8 Å². The maximum absolute atomic E-state index is 10.8. The van der Waals surface area contributed by atoms with Crippen LogP contribution in [0.1, 0.15) is 20.8 Å². The zero-order valence-electron chi connectivity index (χ0n) is 8.19. The van der Waals surface area contributed by atoms with Crippen LogP contribution in [0.15, 0.2) is 0 Å². The predicted molar refractivity (Wildman–Crippen MR) is 48.4 cm³/mol. The van der Waals surface area contributed by atoms with Crippen molar-refractivity contribution in [2.45, 2.75) is 39.0 Å². The molecule has 1 saturated heterocycles. The first-order chi connectivity index (χ1) is 5.95. The Kier molecular flexibility index (Phi) is 2.93. The number of rotatable bonds is 2. The van der Waals surface area contributed by atoms with Crippen molar-refractivity contribution in [1.82, 2.24) is 5.32 Å². The van der Waals surface area contributed by atoms with Crippen LogP contribution in [-0.4, -0.2) is 34.4 Å². The zero-order valence-corrected chi connectivity index (χ0v) is 8.19. The highest BCUT2D eigenvalue weighted by Crippen LogP contribution is 2.29. The van der Waals surface area contributed by atoms with Crippen molar-refractivity contribution in [2.75, 3.05) is 0 Å². The van der Waals surface area contributed by atoms with E-state index in [0.29, 0.717) is 0 Å². The molecule has 5 atom stereocenters. The molecule has 0 aromatic heterocycles. The van der Waals surface area contributed by atoms with E-state index in [9.17, 15) is 9.90 Å². The van der Waals surface area contributed by atoms with Gasteiger partial charge < -0.3 is 15.5 Å². The summed E-state index contributed by atoms with van der Waals surface area (Å²) < 4.78 is 0. The molecule has 1 aliphatic rings. The van der Waals surface area contributed by atoms with Crippen LogP contribution in [-0.2, 0) is 4.79 Å². The molecule has 3 N–H and O–H groups in total. The van der Waals surface area contributed by atoms with Crippen molar-refractivity contribution in [3.8, 4) is 0 Å². The van der Waals surface area contributed by atoms with Gasteiger partial charge in [-0.25, -0.2) is 0 Å². The fraction of sp³-hybridized carbons (Fsp3) is 0.889. The van der Waals surface area contributed by atoms with Crippen LogP contribution in [0.4, 0.5) is 0 Å². The van der Waals surface area contributed by atoms with Gasteiger partial charge in [-0.05, 0) is 19.8 Å². The number of carboxylic acids is 1. The van der Waals surface area contributed by atoms with Gasteiger partial charge in [0, 0.05) is 12.0 Å². The molecular formula is C9H17NO3. The highest BCUT2D eigenvalue weighted by molar-refractivity contribution is 5.74. The molecule has 4 nitrogen and oxygen atoms in total. The van der Waals surface area contributed by atoms with Crippen LogP contribution in [0.2, 0.25) is 0 Å². The van der Waals surface area contributed by atoms with Crippen LogP contribution >= 0.6 is 0 Å². The Morgan fingerprint density at radius 2 is 2.00 bits per heavy atom. The molecule has 4 heteroatoms. The summed E-state index contributed by atoms with van der Waals surface area (Å²) in [4.78, 5) is 10.8. The Hall–Kier alpha value is -0.610. The van der Waals surface area contributed by atoms with Gasteiger partial charge in [0.05, 0.1) is 6.10 Å². The van der Waals surface area contributed by atoms with Gasteiger partial charge >= 0.3 is 5.97 Å². The van der Waals surface area contributed by atoms with Gasteiger partial charge in [-0.2, -0.15) is 0 Å². The van der Waals surface area contributed by atoms with E-state index in [0.717, 1.165) is 0 Å². The lowest BCUT2D eigenvalue weighted by Gasteiger charge is -2.22. The van der Waals surface area contributed by atoms with E-state index in [4.69, 9.17) is 5.11 Å². The third kappa shape index (κ3) is 1.84. The van der Waals surface area contributed by atoms with Crippen molar-refractivity contribution in [3.05, 3.63) is 0 Å². The third-order valence-electron chi connectivity index (χ3n) is 2.98. The monoisotopic (exact) mass is 187 g/mol. The molecule has 1 heterocycles. The Morgan fingerprint density at radius 1 is 1.46 bits per heavy atom. The minimum absolute atomic E-state index is 0.0208. The molecule has 0 bridgehead atoms. The first-order valence-electron chi connectivity index (χ1n) is 4.62. The number of nitrogens with one attached hydrogen (secondary N) is 1. The SMILES string of the molecule is C[C@@H]1[C@H]([C@@H](C)O)[C@@H](C)N[C@H]1C(=O)O. The number of aliphatic hydroxyl groups excluding tert-OH is 1. The average Bonchev–Trinajstić information content (AvgIpc) is 2.26. The molecule has 0 aromatic rings. The second-order valence-electron chi connectivity index (χ2n) is 3.95. The van der Waals surface area contributed by atoms with Crippen molar-refractivity contribution in [3.63, 3.8) is 0 Å². The molecule has 0 saturated carbocycles. The molecule has 1 fully saturated rings. The van der Waals surface area contributed by atoms with Gasteiger partial charge in [0.1, 0.15) is 6.04 Å². The Bertz CT molecular complexity index is 205. The van der Waals surface area contributed by atoms with Gasteiger partial charge in [0.25, 0.3) is 0 Å². The number of aliphatic hydroxyl groups is 1. The molecule has 1 aliphatic heterocycles. The van der Waals surface area contributed by atoms with E-state index >= 15 is 0 Å². The fourth-order valence-corrected chi connectivity index (χ4v) is 2.38. The fourth-order valence-electron chi connectivity index (χ4n) is 2.38. The largest absolute Gasteiger partial charge is 0.480 e. The number of aliphatic carboxylic acids is 1. The lowest BCUT2D eigenvalue weighted by molar-refractivity contribution is -0.140. The number of hydrogen-bond acceptors (Lipinski definition) is 3. The average molecular weight is 187 g/mol. The summed E-state index contributed by atoms with van der Waals surface area (Å²) >= 11 is 0. The summed E-state index contributed by atoms with van der Waals surface area (Å²) in [5.41, 5.74) is 0. The minimum Gasteiger partial charge on any atom is -0.480 e. The van der Waals surface area contributed by atoms with Gasteiger partial charge in [-0.1, -0.05) is 6.92 Å². The highest BCUT2D eigenvalue weighted by atomic mass is 16.4. The number of carbonyl (C=O) groups is 1. The van der Waals surface area contributed by atoms with Crippen LogP contribution < -0.4 is 5.32 Å². The molecule has 1 rings (SSSR count). The molecule has 0 aliphatic carbocycles. The van der Waals surface area contributed by atoms with Crippen LogP contribution in [0.25, 0.3) is 0 Å². The molecule has 0 amide bonds. The molecule has 0 radical (unpaired) electrons. The van der Waals surface area contributed by atoms with E-state index in [2.05, 4.69) is 5.32 Å². The number of hydrogen-bond donors (Lipinski definition) is 3. The van der Waals surface area contributed by atoms with Gasteiger partial charge in [-0.3, -0.25) is 4.79 Å². The quantitative estimate of drug-likeness (QED) is 0.572. The van der Waals surface area contributed by atoms with Gasteiger partial charge in [0.2, 0.25) is 0 Å². The third-order valence-corrected chi connectivity index (χ3v) is 2.98. The van der Waals surface area contributed by atoms with Gasteiger partial charge in [0.15, 0.2) is 0 Å². The van der Waals surface area contributed by atoms with Crippen LogP contribution in [0.5, 0.6) is 0 Å². The summed E-state index contributed by atoms with van der Waals surface area (Å²) in [6.45, 7) is 5.49. The maximum atomic E-state index is 10.8. The van der Waals surface area contributed by atoms with E-state index in [1.165, 1.54) is 0 Å². The smallest absolute Gasteiger partial charge is 0.320 e. The second kappa shape index (κ2) is 3.64. The zero-order chi connectivity index (χ0) is 10.2. The maximum Gasteiger partial charge on any atom is 0.320 e. The first-order valence-corrected chi connectivity index (χ1v) is 4.62. The Balaban J connectivity index is 2.75. The molecule has 76 valence electrons. The van der Waals surface area contributed by atoms with E-state index in [1.54, 1.807) is 6.92 Å². The predicted octanol–water partition coefficient (Wildman–Crippen LogP) is 0.0644. The number of carboxylic acid groups (broad SMARTS) is 1. The Labute approximate surface area is 78.0 Å². The highest BCUT2D eigenvalue weighted by Gasteiger charge is 2.43. The van der Waals surface area contributed by atoms with E-state index < -0.39 is 18.1 Å². The second-order valence-corrected chi connectivity index (χ2v) is 3.95. The standard InChI is InChI=1S/C9H17NO3/c1-4-7(6(3)11)5(2)10-8(4)9(12)13/h4-8,10-11H,1-3H3,(H,12,13)/t4-,5-,6-,7+,8-/m1/s1. The summed E-state index contributed by atoms with van der Waals surface area (Å²) in [5.74, 6) is -0.823. The summed E-state index contributed by atoms with van der Waals surface area (Å²) in [5, 5.41) is 21.3. The lowest BCUT2D eigenvalue weighted by Crippen LogP contribution is -2.36. The summed E-state index contributed by atoms with van der Waals surface area (Å²) in [7, 11) is 0. The lowest BCUT2D eigenvalue weighted by atomic mass is 9.85. The van der Waals surface area contributed by atoms with Crippen LogP contribution in [0.3, 0.4) is 0 Å².